The van der Waals surface area contributed by atoms with Crippen molar-refractivity contribution in [3.8, 4) is 5.75 Å². The Morgan fingerprint density at radius 3 is 2.45 bits per heavy atom. The van der Waals surface area contributed by atoms with Crippen molar-refractivity contribution in [1.29, 1.82) is 0 Å². The molecule has 0 saturated carbocycles. The monoisotopic (exact) mass is 293 g/mol. The van der Waals surface area contributed by atoms with Crippen molar-refractivity contribution < 1.29 is 9.53 Å². The molecule has 0 aliphatic carbocycles. The number of rotatable bonds is 2. The van der Waals surface area contributed by atoms with Crippen molar-refractivity contribution in [3.63, 3.8) is 0 Å². The molecule has 0 aromatic heterocycles. The van der Waals surface area contributed by atoms with Crippen molar-refractivity contribution in [2.24, 2.45) is 0 Å². The number of carbonyl (C=O) groups is 1. The molecular weight excluding hydrogens is 274 g/mol. The molecule has 1 aliphatic rings. The molecule has 0 spiro atoms. The highest BCUT2D eigenvalue weighted by Crippen LogP contribution is 2.35. The fraction of sp³-hybridized carbons (Fsp3) is 0.211. The number of hydrogen-bond donors (Lipinski definition) is 1. The van der Waals surface area contributed by atoms with E-state index in [4.69, 9.17) is 4.74 Å². The van der Waals surface area contributed by atoms with Crippen molar-refractivity contribution in [1.82, 2.24) is 5.32 Å². The molecule has 0 radical (unpaired) electrons. The molecule has 0 unspecified atom stereocenters. The van der Waals surface area contributed by atoms with Crippen LogP contribution in [0.5, 0.6) is 5.75 Å². The molecule has 1 aliphatic heterocycles. The van der Waals surface area contributed by atoms with Gasteiger partial charge in [-0.3, -0.25) is 4.79 Å². The van der Waals surface area contributed by atoms with Gasteiger partial charge in [-0.25, -0.2) is 0 Å². The number of hydrogen-bond acceptors (Lipinski definition) is 2. The van der Waals surface area contributed by atoms with Crippen molar-refractivity contribution in [2.45, 2.75) is 20.8 Å². The third-order valence-corrected chi connectivity index (χ3v) is 3.70. The first kappa shape index (κ1) is 14.4. The molecule has 1 N–H and O–H groups in total. The number of benzene rings is 2. The van der Waals surface area contributed by atoms with E-state index in [1.165, 1.54) is 18.1 Å². The van der Waals surface area contributed by atoms with Crippen molar-refractivity contribution >= 4 is 17.2 Å². The number of fused-ring (bicyclic) bond motifs is 1. The van der Waals surface area contributed by atoms with Crippen molar-refractivity contribution in [2.75, 3.05) is 6.61 Å². The molecular formula is C19H19NO2. The summed E-state index contributed by atoms with van der Waals surface area (Å²) in [5, 5.41) is 2.99. The van der Waals surface area contributed by atoms with E-state index < -0.39 is 0 Å². The summed E-state index contributed by atoms with van der Waals surface area (Å²) < 4.78 is 5.87. The number of aryl methyl sites for hydroxylation is 2. The normalized spacial score (nSPS) is 13.4. The van der Waals surface area contributed by atoms with Gasteiger partial charge in [-0.15, -0.1) is 0 Å². The van der Waals surface area contributed by atoms with Gasteiger partial charge < -0.3 is 10.1 Å². The lowest BCUT2D eigenvalue weighted by atomic mass is 9.95. The minimum atomic E-state index is -0.0754. The van der Waals surface area contributed by atoms with Gasteiger partial charge >= 0.3 is 0 Å². The molecule has 3 nitrogen and oxygen atoms in total. The van der Waals surface area contributed by atoms with Gasteiger partial charge in [0.05, 0.1) is 5.70 Å². The Balaban J connectivity index is 2.20. The molecule has 0 bridgehead atoms. The van der Waals surface area contributed by atoms with Gasteiger partial charge in [-0.1, -0.05) is 41.5 Å². The number of nitrogens with one attached hydrogen (secondary N) is 1. The third-order valence-electron chi connectivity index (χ3n) is 3.70. The summed E-state index contributed by atoms with van der Waals surface area (Å²) in [6.45, 7) is 6.14. The average Bonchev–Trinajstić information content (AvgIpc) is 2.46. The number of ether oxygens (including phenoxy) is 1. The second-order valence-corrected chi connectivity index (χ2v) is 5.70. The zero-order valence-electron chi connectivity index (χ0n) is 13.1. The summed E-state index contributed by atoms with van der Waals surface area (Å²) in [5.41, 5.74) is 6.28. The van der Waals surface area contributed by atoms with E-state index in [1.54, 1.807) is 0 Å². The zero-order chi connectivity index (χ0) is 15.7. The van der Waals surface area contributed by atoms with Crippen LogP contribution in [0, 0.1) is 13.8 Å². The van der Waals surface area contributed by atoms with Crippen LogP contribution in [0.4, 0.5) is 0 Å². The Morgan fingerprint density at radius 1 is 1.09 bits per heavy atom. The molecule has 2 aromatic carbocycles. The van der Waals surface area contributed by atoms with Crippen LogP contribution < -0.4 is 10.1 Å². The smallest absolute Gasteiger partial charge is 0.221 e. The van der Waals surface area contributed by atoms with Gasteiger partial charge in [0.2, 0.25) is 5.91 Å². The van der Waals surface area contributed by atoms with Gasteiger partial charge in [0.15, 0.2) is 0 Å². The maximum Gasteiger partial charge on any atom is 0.221 e. The molecule has 0 fully saturated rings. The molecule has 3 heteroatoms. The lowest BCUT2D eigenvalue weighted by molar-refractivity contribution is -0.117. The summed E-state index contributed by atoms with van der Waals surface area (Å²) in [5.74, 6) is 0.730. The largest absolute Gasteiger partial charge is 0.488 e. The van der Waals surface area contributed by atoms with E-state index in [1.807, 2.05) is 24.3 Å². The number of amides is 1. The van der Waals surface area contributed by atoms with E-state index in [9.17, 15) is 4.79 Å². The van der Waals surface area contributed by atoms with Gasteiger partial charge in [0, 0.05) is 18.1 Å². The second kappa shape index (κ2) is 5.68. The first-order chi connectivity index (χ1) is 10.5. The van der Waals surface area contributed by atoms with Crippen molar-refractivity contribution in [3.05, 3.63) is 64.7 Å². The summed E-state index contributed by atoms with van der Waals surface area (Å²) >= 11 is 0. The minimum absolute atomic E-state index is 0.0754. The van der Waals surface area contributed by atoms with Crippen LogP contribution >= 0.6 is 0 Å². The Bertz CT molecular complexity index is 755. The van der Waals surface area contributed by atoms with Crippen LogP contribution in [0.2, 0.25) is 0 Å². The number of carbonyl (C=O) groups excluding carboxylic acids is 1. The van der Waals surface area contributed by atoms with Crippen LogP contribution in [0.3, 0.4) is 0 Å². The Morgan fingerprint density at radius 2 is 1.77 bits per heavy atom. The first-order valence-corrected chi connectivity index (χ1v) is 7.36. The SMILES string of the molecule is CC(=O)NC1=C(c2cc(C)cc(C)c2)COc2ccccc21. The first-order valence-electron chi connectivity index (χ1n) is 7.36. The second-order valence-electron chi connectivity index (χ2n) is 5.70. The summed E-state index contributed by atoms with van der Waals surface area (Å²) in [7, 11) is 0. The Hall–Kier alpha value is -2.55. The van der Waals surface area contributed by atoms with Gasteiger partial charge in [0.25, 0.3) is 0 Å². The Labute approximate surface area is 130 Å². The molecule has 0 atom stereocenters. The van der Waals surface area contributed by atoms with Crippen LogP contribution in [0.15, 0.2) is 42.5 Å². The average molecular weight is 293 g/mol. The summed E-state index contributed by atoms with van der Waals surface area (Å²) in [6, 6.07) is 14.2. The molecule has 0 saturated heterocycles. The van der Waals surface area contributed by atoms with Gasteiger partial charge in [-0.2, -0.15) is 0 Å². The van der Waals surface area contributed by atoms with Gasteiger partial charge in [0.1, 0.15) is 12.4 Å². The lowest BCUT2D eigenvalue weighted by Gasteiger charge is -2.25. The summed E-state index contributed by atoms with van der Waals surface area (Å²) in [6.07, 6.45) is 0. The van der Waals surface area contributed by atoms with Crippen LogP contribution in [0.25, 0.3) is 11.3 Å². The Kier molecular flexibility index (Phi) is 3.72. The highest BCUT2D eigenvalue weighted by atomic mass is 16.5. The van der Waals surface area contributed by atoms with Crippen LogP contribution in [-0.4, -0.2) is 12.5 Å². The molecule has 22 heavy (non-hydrogen) atoms. The van der Waals surface area contributed by atoms with Gasteiger partial charge in [-0.05, 0) is 31.5 Å². The third kappa shape index (κ3) is 2.75. The molecule has 2 aromatic rings. The fourth-order valence-corrected chi connectivity index (χ4v) is 2.88. The van der Waals surface area contributed by atoms with E-state index in [2.05, 4.69) is 37.4 Å². The zero-order valence-corrected chi connectivity index (χ0v) is 13.1. The molecule has 3 rings (SSSR count). The topological polar surface area (TPSA) is 38.3 Å². The molecule has 1 heterocycles. The molecule has 112 valence electrons. The maximum absolute atomic E-state index is 11.6. The standard InChI is InChI=1S/C19H19NO2/c1-12-8-13(2)10-15(9-12)17-11-22-18-7-5-4-6-16(18)19(17)20-14(3)21/h4-10H,11H2,1-3H3,(H,20,21). The number of para-hydroxylation sites is 1. The fourth-order valence-electron chi connectivity index (χ4n) is 2.88. The molecule has 1 amide bonds. The highest BCUT2D eigenvalue weighted by molar-refractivity contribution is 5.99. The predicted molar refractivity (Wildman–Crippen MR) is 88.5 cm³/mol. The van der Waals surface area contributed by atoms with Crippen LogP contribution in [0.1, 0.15) is 29.2 Å². The highest BCUT2D eigenvalue weighted by Gasteiger charge is 2.22. The van der Waals surface area contributed by atoms with E-state index in [0.717, 1.165) is 28.1 Å². The minimum Gasteiger partial charge on any atom is -0.488 e. The van der Waals surface area contributed by atoms with E-state index in [0.29, 0.717) is 6.61 Å². The summed E-state index contributed by atoms with van der Waals surface area (Å²) in [4.78, 5) is 11.6. The van der Waals surface area contributed by atoms with E-state index >= 15 is 0 Å². The lowest BCUT2D eigenvalue weighted by Crippen LogP contribution is -2.24. The predicted octanol–water partition coefficient (Wildman–Crippen LogP) is 3.70. The maximum atomic E-state index is 11.6. The quantitative estimate of drug-likeness (QED) is 0.917. The van der Waals surface area contributed by atoms with E-state index in [-0.39, 0.29) is 5.91 Å². The van der Waals surface area contributed by atoms with Crippen LogP contribution in [-0.2, 0) is 4.79 Å².